The van der Waals surface area contributed by atoms with Crippen LogP contribution in [0.1, 0.15) is 6.92 Å². The van der Waals surface area contributed by atoms with Crippen LogP contribution in [0.25, 0.3) is 0 Å². The highest BCUT2D eigenvalue weighted by molar-refractivity contribution is 5.96. The summed E-state index contributed by atoms with van der Waals surface area (Å²) in [6.45, 7) is 5.09. The number of methoxy groups -OCH3 is 1. The fraction of sp³-hybridized carbons (Fsp3) is 0.368. The summed E-state index contributed by atoms with van der Waals surface area (Å²) in [5.74, 6) is 0.424. The molecule has 1 fully saturated rings. The standard InChI is InChI=1S/C19H24N4O3/c1-14(21-16-5-8-18(25-2)20-13-16)19(24)22-15-3-6-17(7-4-15)23-9-11-26-12-10-23/h3-8,13-14,21H,9-12H2,1-2H3,(H,22,24)/t14-/m1/s1. The molecule has 1 aliphatic rings. The van der Waals surface area contributed by atoms with Crippen LogP contribution in [0.15, 0.2) is 42.6 Å². The van der Waals surface area contributed by atoms with Crippen LogP contribution >= 0.6 is 0 Å². The van der Waals surface area contributed by atoms with Crippen LogP contribution in [0.2, 0.25) is 0 Å². The molecule has 7 heteroatoms. The largest absolute Gasteiger partial charge is 0.481 e. The molecular weight excluding hydrogens is 332 g/mol. The lowest BCUT2D eigenvalue weighted by atomic mass is 10.2. The fourth-order valence-corrected chi connectivity index (χ4v) is 2.73. The Morgan fingerprint density at radius 2 is 1.85 bits per heavy atom. The van der Waals surface area contributed by atoms with Crippen molar-refractivity contribution in [2.24, 2.45) is 0 Å². The van der Waals surface area contributed by atoms with Crippen LogP contribution < -0.4 is 20.3 Å². The lowest BCUT2D eigenvalue weighted by molar-refractivity contribution is -0.116. The molecule has 26 heavy (non-hydrogen) atoms. The molecule has 1 saturated heterocycles. The van der Waals surface area contributed by atoms with Crippen LogP contribution in [0.5, 0.6) is 5.88 Å². The number of ether oxygens (including phenoxy) is 2. The van der Waals surface area contributed by atoms with Gasteiger partial charge >= 0.3 is 0 Å². The van der Waals surface area contributed by atoms with Crippen LogP contribution in [-0.4, -0.2) is 50.3 Å². The van der Waals surface area contributed by atoms with Crippen molar-refractivity contribution in [2.45, 2.75) is 13.0 Å². The average Bonchev–Trinajstić information content (AvgIpc) is 2.70. The van der Waals surface area contributed by atoms with Crippen molar-refractivity contribution in [1.29, 1.82) is 0 Å². The molecular formula is C19H24N4O3. The molecule has 0 radical (unpaired) electrons. The SMILES string of the molecule is COc1ccc(N[C@H](C)C(=O)Nc2ccc(N3CCOCC3)cc2)cn1. The van der Waals surface area contributed by atoms with Crippen molar-refractivity contribution < 1.29 is 14.3 Å². The van der Waals surface area contributed by atoms with Crippen molar-refractivity contribution >= 4 is 23.0 Å². The number of aromatic nitrogens is 1. The Labute approximate surface area is 153 Å². The van der Waals surface area contributed by atoms with Gasteiger partial charge in [0.15, 0.2) is 0 Å². The van der Waals surface area contributed by atoms with Crippen LogP contribution in [0.3, 0.4) is 0 Å². The Hall–Kier alpha value is -2.80. The second-order valence-corrected chi connectivity index (χ2v) is 6.09. The van der Waals surface area contributed by atoms with Gasteiger partial charge in [-0.1, -0.05) is 0 Å². The number of pyridine rings is 1. The summed E-state index contributed by atoms with van der Waals surface area (Å²) in [4.78, 5) is 18.8. The zero-order valence-electron chi connectivity index (χ0n) is 15.1. The maximum atomic E-state index is 12.4. The number of hydrogen-bond donors (Lipinski definition) is 2. The number of benzene rings is 1. The van der Waals surface area contributed by atoms with Crippen LogP contribution in [0, 0.1) is 0 Å². The number of nitrogens with one attached hydrogen (secondary N) is 2. The van der Waals surface area contributed by atoms with Gasteiger partial charge in [-0.05, 0) is 37.3 Å². The third-order valence-electron chi connectivity index (χ3n) is 4.23. The Morgan fingerprint density at radius 3 is 2.46 bits per heavy atom. The number of morpholine rings is 1. The molecule has 2 heterocycles. The number of nitrogens with zero attached hydrogens (tertiary/aromatic N) is 2. The Morgan fingerprint density at radius 1 is 1.15 bits per heavy atom. The van der Waals surface area contributed by atoms with E-state index in [0.717, 1.165) is 43.4 Å². The molecule has 138 valence electrons. The maximum Gasteiger partial charge on any atom is 0.246 e. The minimum absolute atomic E-state index is 0.111. The summed E-state index contributed by atoms with van der Waals surface area (Å²) >= 11 is 0. The maximum absolute atomic E-state index is 12.4. The smallest absolute Gasteiger partial charge is 0.246 e. The normalized spacial score (nSPS) is 15.2. The van der Waals surface area contributed by atoms with E-state index in [1.54, 1.807) is 19.4 Å². The third kappa shape index (κ3) is 4.64. The monoisotopic (exact) mass is 356 g/mol. The van der Waals surface area contributed by atoms with Crippen LogP contribution in [0.4, 0.5) is 17.1 Å². The molecule has 1 amide bonds. The highest BCUT2D eigenvalue weighted by atomic mass is 16.5. The van der Waals surface area contributed by atoms with E-state index in [1.165, 1.54) is 0 Å². The zero-order chi connectivity index (χ0) is 18.4. The Bertz CT molecular complexity index is 713. The lowest BCUT2D eigenvalue weighted by Crippen LogP contribution is -2.36. The van der Waals surface area contributed by atoms with Crippen LogP contribution in [-0.2, 0) is 9.53 Å². The molecule has 0 saturated carbocycles. The van der Waals surface area contributed by atoms with E-state index in [4.69, 9.17) is 9.47 Å². The molecule has 0 aliphatic carbocycles. The van der Waals surface area contributed by atoms with Gasteiger partial charge in [0.25, 0.3) is 0 Å². The predicted molar refractivity (Wildman–Crippen MR) is 102 cm³/mol. The van der Waals surface area contributed by atoms with Gasteiger partial charge in [0.1, 0.15) is 6.04 Å². The molecule has 3 rings (SSSR count). The number of rotatable bonds is 6. The van der Waals surface area contributed by atoms with Crippen molar-refractivity contribution in [2.75, 3.05) is 48.9 Å². The van der Waals surface area contributed by atoms with Crippen molar-refractivity contribution in [1.82, 2.24) is 4.98 Å². The molecule has 2 N–H and O–H groups in total. The summed E-state index contributed by atoms with van der Waals surface area (Å²) in [7, 11) is 1.57. The van der Waals surface area contributed by atoms with Gasteiger partial charge in [-0.15, -0.1) is 0 Å². The first-order valence-electron chi connectivity index (χ1n) is 8.66. The van der Waals surface area contributed by atoms with Crippen molar-refractivity contribution in [3.8, 4) is 5.88 Å². The number of carbonyl (C=O) groups excluding carboxylic acids is 1. The van der Waals surface area contributed by atoms with E-state index < -0.39 is 6.04 Å². The second-order valence-electron chi connectivity index (χ2n) is 6.09. The van der Waals surface area contributed by atoms with Gasteiger partial charge in [-0.3, -0.25) is 4.79 Å². The molecule has 0 unspecified atom stereocenters. The molecule has 1 aromatic carbocycles. The van der Waals surface area contributed by atoms with Gasteiger partial charge in [0.2, 0.25) is 11.8 Å². The minimum Gasteiger partial charge on any atom is -0.481 e. The lowest BCUT2D eigenvalue weighted by Gasteiger charge is -2.29. The molecule has 1 aromatic heterocycles. The summed E-state index contributed by atoms with van der Waals surface area (Å²) < 4.78 is 10.4. The molecule has 7 nitrogen and oxygen atoms in total. The van der Waals surface area contributed by atoms with Gasteiger partial charge < -0.3 is 25.0 Å². The Kier molecular flexibility index (Phi) is 5.91. The average molecular weight is 356 g/mol. The number of anilines is 3. The van der Waals surface area contributed by atoms with Gasteiger partial charge in [0, 0.05) is 30.5 Å². The third-order valence-corrected chi connectivity index (χ3v) is 4.23. The van der Waals surface area contributed by atoms with Gasteiger partial charge in [-0.2, -0.15) is 0 Å². The van der Waals surface area contributed by atoms with E-state index in [-0.39, 0.29) is 5.91 Å². The van der Waals surface area contributed by atoms with Crippen molar-refractivity contribution in [3.63, 3.8) is 0 Å². The first-order chi connectivity index (χ1) is 12.7. The first-order valence-corrected chi connectivity index (χ1v) is 8.66. The van der Waals surface area contributed by atoms with E-state index in [2.05, 4.69) is 20.5 Å². The summed E-state index contributed by atoms with van der Waals surface area (Å²) in [6.07, 6.45) is 1.64. The number of carbonyl (C=O) groups is 1. The van der Waals surface area contributed by atoms with Gasteiger partial charge in [-0.25, -0.2) is 4.98 Å². The quantitative estimate of drug-likeness (QED) is 0.828. The number of hydrogen-bond acceptors (Lipinski definition) is 6. The van der Waals surface area contributed by atoms with E-state index in [9.17, 15) is 4.79 Å². The molecule has 2 aromatic rings. The molecule has 0 spiro atoms. The Balaban J connectivity index is 1.54. The topological polar surface area (TPSA) is 75.7 Å². The van der Waals surface area contributed by atoms with Crippen molar-refractivity contribution in [3.05, 3.63) is 42.6 Å². The first kappa shape index (κ1) is 18.0. The predicted octanol–water partition coefficient (Wildman–Crippen LogP) is 2.37. The number of amides is 1. The molecule has 1 atom stereocenters. The summed E-state index contributed by atoms with van der Waals surface area (Å²) in [5.41, 5.74) is 2.67. The highest BCUT2D eigenvalue weighted by Crippen LogP contribution is 2.19. The summed E-state index contributed by atoms with van der Waals surface area (Å²) in [6, 6.07) is 11.1. The van der Waals surface area contributed by atoms with E-state index in [0.29, 0.717) is 5.88 Å². The molecule has 0 bridgehead atoms. The second kappa shape index (κ2) is 8.53. The van der Waals surface area contributed by atoms with E-state index in [1.807, 2.05) is 37.3 Å². The highest BCUT2D eigenvalue weighted by Gasteiger charge is 2.14. The zero-order valence-corrected chi connectivity index (χ0v) is 15.1. The summed E-state index contributed by atoms with van der Waals surface area (Å²) in [5, 5.41) is 6.05. The molecule has 1 aliphatic heterocycles. The van der Waals surface area contributed by atoms with E-state index >= 15 is 0 Å². The van der Waals surface area contributed by atoms with Gasteiger partial charge in [0.05, 0.1) is 32.2 Å². The minimum atomic E-state index is -0.399. The fourth-order valence-electron chi connectivity index (χ4n) is 2.73.